The van der Waals surface area contributed by atoms with Gasteiger partial charge in [-0.25, -0.2) is 4.98 Å². The predicted octanol–water partition coefficient (Wildman–Crippen LogP) is 3.71. The van der Waals surface area contributed by atoms with Crippen LogP contribution in [0.3, 0.4) is 0 Å². The minimum atomic E-state index is -0.445. The molecule has 1 fully saturated rings. The van der Waals surface area contributed by atoms with Gasteiger partial charge in [0.2, 0.25) is 11.8 Å². The first-order valence-corrected chi connectivity index (χ1v) is 10.7. The van der Waals surface area contributed by atoms with Gasteiger partial charge in [0.1, 0.15) is 18.2 Å². The number of ether oxygens (including phenoxy) is 1. The van der Waals surface area contributed by atoms with E-state index in [2.05, 4.69) is 16.9 Å². The fourth-order valence-electron chi connectivity index (χ4n) is 3.35. The molecule has 7 nitrogen and oxygen atoms in total. The third-order valence-corrected chi connectivity index (χ3v) is 6.13. The number of likely N-dealkylation sites (tertiary alicyclic amines) is 1. The summed E-state index contributed by atoms with van der Waals surface area (Å²) in [7, 11) is 2.14. The van der Waals surface area contributed by atoms with Crippen molar-refractivity contribution in [1.82, 2.24) is 14.9 Å². The number of nitrogens with two attached hydrogens (primary N) is 1. The number of amides is 1. The van der Waals surface area contributed by atoms with Gasteiger partial charge in [-0.2, -0.15) is 4.98 Å². The molecule has 0 saturated carbocycles. The van der Waals surface area contributed by atoms with Crippen molar-refractivity contribution in [2.24, 2.45) is 5.73 Å². The molecule has 1 aromatic carbocycles. The third kappa shape index (κ3) is 5.01. The van der Waals surface area contributed by atoms with E-state index in [1.54, 1.807) is 18.4 Å². The molecule has 30 heavy (non-hydrogen) atoms. The fourth-order valence-corrected chi connectivity index (χ4v) is 4.18. The third-order valence-electron chi connectivity index (χ3n) is 5.12. The summed E-state index contributed by atoms with van der Waals surface area (Å²) in [5, 5.41) is 0. The lowest BCUT2D eigenvalue weighted by molar-refractivity contribution is 0.1000. The molecule has 1 aliphatic heterocycles. The van der Waals surface area contributed by atoms with Crippen molar-refractivity contribution < 1.29 is 13.9 Å². The van der Waals surface area contributed by atoms with E-state index in [0.29, 0.717) is 24.0 Å². The average molecular weight is 425 g/mol. The molecular weight excluding hydrogens is 400 g/mol. The van der Waals surface area contributed by atoms with E-state index in [-0.39, 0.29) is 0 Å². The van der Waals surface area contributed by atoms with Gasteiger partial charge in [-0.1, -0.05) is 11.8 Å². The normalized spacial score (nSPS) is 15.2. The number of hydrogen-bond acceptors (Lipinski definition) is 7. The van der Waals surface area contributed by atoms with E-state index in [9.17, 15) is 4.79 Å². The van der Waals surface area contributed by atoms with Crippen LogP contribution in [0.1, 0.15) is 40.7 Å². The van der Waals surface area contributed by atoms with Crippen molar-refractivity contribution in [2.45, 2.75) is 35.2 Å². The van der Waals surface area contributed by atoms with E-state index < -0.39 is 5.91 Å². The number of hydrogen-bond donors (Lipinski definition) is 1. The summed E-state index contributed by atoms with van der Waals surface area (Å²) in [5.41, 5.74) is 5.80. The van der Waals surface area contributed by atoms with Gasteiger partial charge in [0.25, 0.3) is 0 Å². The smallest absolute Gasteiger partial charge is 0.248 e. The minimum absolute atomic E-state index is 0.297. The Morgan fingerprint density at radius 2 is 2.03 bits per heavy atom. The summed E-state index contributed by atoms with van der Waals surface area (Å²) < 4.78 is 11.4. The summed E-state index contributed by atoms with van der Waals surface area (Å²) in [5.74, 6) is 1.99. The number of nitrogens with zero attached hydrogens (tertiary/aromatic N) is 3. The number of carbonyl (C=O) groups is 1. The summed E-state index contributed by atoms with van der Waals surface area (Å²) in [4.78, 5) is 24.8. The number of rotatable bonds is 7. The first-order chi connectivity index (χ1) is 14.6. The average Bonchev–Trinajstić information content (AvgIpc) is 3.28. The molecule has 0 bridgehead atoms. The lowest BCUT2D eigenvalue weighted by Crippen LogP contribution is -2.30. The van der Waals surface area contributed by atoms with Crippen LogP contribution >= 0.6 is 11.8 Å². The van der Waals surface area contributed by atoms with Gasteiger partial charge in [0.05, 0.1) is 11.2 Å². The fraction of sp³-hybridized carbons (Fsp3) is 0.318. The molecule has 4 rings (SSSR count). The van der Waals surface area contributed by atoms with Crippen molar-refractivity contribution >= 4 is 17.7 Å². The van der Waals surface area contributed by atoms with Crippen molar-refractivity contribution in [1.29, 1.82) is 0 Å². The van der Waals surface area contributed by atoms with Crippen LogP contribution in [0.15, 0.2) is 63.1 Å². The molecule has 3 aromatic rings. The lowest BCUT2D eigenvalue weighted by Gasteiger charge is -2.28. The van der Waals surface area contributed by atoms with Crippen molar-refractivity contribution in [3.8, 4) is 5.88 Å². The molecule has 8 heteroatoms. The van der Waals surface area contributed by atoms with Gasteiger partial charge in [0.15, 0.2) is 0 Å². The number of piperidine rings is 1. The van der Waals surface area contributed by atoms with E-state index in [1.807, 2.05) is 30.5 Å². The Morgan fingerprint density at radius 1 is 1.27 bits per heavy atom. The molecule has 0 unspecified atom stereocenters. The highest BCUT2D eigenvalue weighted by molar-refractivity contribution is 7.99. The molecule has 0 atom stereocenters. The monoisotopic (exact) mass is 424 g/mol. The molecule has 1 aliphatic rings. The van der Waals surface area contributed by atoms with Gasteiger partial charge < -0.3 is 19.8 Å². The zero-order valence-electron chi connectivity index (χ0n) is 16.8. The van der Waals surface area contributed by atoms with E-state index >= 15 is 0 Å². The van der Waals surface area contributed by atoms with Crippen LogP contribution in [0.2, 0.25) is 0 Å². The zero-order valence-corrected chi connectivity index (χ0v) is 17.6. The van der Waals surface area contributed by atoms with Crippen LogP contribution in [0, 0.1) is 0 Å². The second-order valence-electron chi connectivity index (χ2n) is 7.33. The largest absolute Gasteiger partial charge is 0.469 e. The standard InChI is InChI=1S/C22H24N4O3S/c1-26-10-8-16(9-11-26)21-24-13-19(22(25-21)29-14-17-3-2-12-28-17)30-18-6-4-15(5-7-18)20(23)27/h2-7,12-13,16H,8-11,14H2,1H3,(H2,23,27). The van der Waals surface area contributed by atoms with Gasteiger partial charge in [-0.3, -0.25) is 4.79 Å². The molecule has 1 saturated heterocycles. The Bertz CT molecular complexity index is 984. The molecule has 2 N–H and O–H groups in total. The second kappa shape index (κ2) is 9.32. The number of furan rings is 1. The number of benzene rings is 1. The van der Waals surface area contributed by atoms with Gasteiger partial charge in [-0.05, 0) is 69.4 Å². The molecule has 3 heterocycles. The Morgan fingerprint density at radius 3 is 2.70 bits per heavy atom. The van der Waals surface area contributed by atoms with Crippen LogP contribution in [0.25, 0.3) is 0 Å². The number of carbonyl (C=O) groups excluding carboxylic acids is 1. The molecule has 0 radical (unpaired) electrons. The first kappa shape index (κ1) is 20.4. The molecule has 0 aliphatic carbocycles. The predicted molar refractivity (Wildman–Crippen MR) is 114 cm³/mol. The quantitative estimate of drug-likeness (QED) is 0.618. The van der Waals surface area contributed by atoms with Crippen LogP contribution in [-0.2, 0) is 6.61 Å². The lowest BCUT2D eigenvalue weighted by atomic mass is 9.96. The molecule has 0 spiro atoms. The van der Waals surface area contributed by atoms with Gasteiger partial charge in [-0.15, -0.1) is 0 Å². The molecule has 1 amide bonds. The second-order valence-corrected chi connectivity index (χ2v) is 8.45. The summed E-state index contributed by atoms with van der Waals surface area (Å²) in [6.07, 6.45) is 5.52. The molecule has 2 aromatic heterocycles. The summed E-state index contributed by atoms with van der Waals surface area (Å²) in [6, 6.07) is 10.8. The van der Waals surface area contributed by atoms with Crippen LogP contribution in [-0.4, -0.2) is 40.9 Å². The molecule has 156 valence electrons. The van der Waals surface area contributed by atoms with Crippen molar-refractivity contribution in [3.63, 3.8) is 0 Å². The van der Waals surface area contributed by atoms with Crippen LogP contribution in [0.5, 0.6) is 5.88 Å². The number of primary amides is 1. The van der Waals surface area contributed by atoms with Crippen molar-refractivity contribution in [3.05, 3.63) is 66.0 Å². The van der Waals surface area contributed by atoms with E-state index in [4.69, 9.17) is 19.9 Å². The maximum Gasteiger partial charge on any atom is 0.248 e. The maximum absolute atomic E-state index is 11.3. The zero-order chi connectivity index (χ0) is 20.9. The van der Waals surface area contributed by atoms with E-state index in [0.717, 1.165) is 47.3 Å². The number of aromatic nitrogens is 2. The topological polar surface area (TPSA) is 94.5 Å². The first-order valence-electron chi connectivity index (χ1n) is 9.87. The minimum Gasteiger partial charge on any atom is -0.469 e. The van der Waals surface area contributed by atoms with Crippen LogP contribution < -0.4 is 10.5 Å². The Hall–Kier alpha value is -2.84. The Labute approximate surface area is 179 Å². The van der Waals surface area contributed by atoms with Gasteiger partial charge in [0, 0.05) is 22.6 Å². The maximum atomic E-state index is 11.3. The van der Waals surface area contributed by atoms with Gasteiger partial charge >= 0.3 is 0 Å². The molecular formula is C22H24N4O3S. The van der Waals surface area contributed by atoms with Crippen molar-refractivity contribution in [2.75, 3.05) is 20.1 Å². The highest BCUT2D eigenvalue weighted by Gasteiger charge is 2.22. The Kier molecular flexibility index (Phi) is 6.35. The summed E-state index contributed by atoms with van der Waals surface area (Å²) in [6.45, 7) is 2.38. The Balaban J connectivity index is 1.56. The van der Waals surface area contributed by atoms with E-state index in [1.165, 1.54) is 11.8 Å². The highest BCUT2D eigenvalue weighted by Crippen LogP contribution is 2.35. The SMILES string of the molecule is CN1CCC(c2ncc(Sc3ccc(C(N)=O)cc3)c(OCc3ccco3)n2)CC1. The summed E-state index contributed by atoms with van der Waals surface area (Å²) >= 11 is 1.49. The highest BCUT2D eigenvalue weighted by atomic mass is 32.2. The van der Waals surface area contributed by atoms with Crippen LogP contribution in [0.4, 0.5) is 0 Å².